The summed E-state index contributed by atoms with van der Waals surface area (Å²) in [6, 6.07) is 18.3. The highest BCUT2D eigenvalue weighted by Crippen LogP contribution is 2.37. The molecule has 248 valence electrons. The number of fused-ring (bicyclic) bond motifs is 1. The molecule has 0 fully saturated rings. The van der Waals surface area contributed by atoms with E-state index in [0.717, 1.165) is 45.7 Å². The van der Waals surface area contributed by atoms with E-state index in [0.29, 0.717) is 13.0 Å². The van der Waals surface area contributed by atoms with Gasteiger partial charge in [0.25, 0.3) is 0 Å². The largest absolute Gasteiger partial charge is 0.458 e. The number of benzene rings is 2. The van der Waals surface area contributed by atoms with Gasteiger partial charge in [-0.05, 0) is 61.7 Å². The van der Waals surface area contributed by atoms with Crippen LogP contribution in [0.1, 0.15) is 79.0 Å². The van der Waals surface area contributed by atoms with Crippen LogP contribution in [0.5, 0.6) is 0 Å². The van der Waals surface area contributed by atoms with Crippen molar-refractivity contribution in [3.05, 3.63) is 65.2 Å². The third-order valence-electron chi connectivity index (χ3n) is 9.54. The Morgan fingerprint density at radius 2 is 1.49 bits per heavy atom. The van der Waals surface area contributed by atoms with E-state index < -0.39 is 40.1 Å². The molecule has 7 nitrogen and oxygen atoms in total. The first-order valence-electron chi connectivity index (χ1n) is 16.4. The molecule has 1 amide bonds. The first-order chi connectivity index (χ1) is 20.9. The van der Waals surface area contributed by atoms with Crippen LogP contribution in [0.25, 0.3) is 10.9 Å². The lowest BCUT2D eigenvalue weighted by Gasteiger charge is -2.36. The third-order valence-corrected chi connectivity index (χ3v) is 19.6. The summed E-state index contributed by atoms with van der Waals surface area (Å²) in [5.74, 6) is -0.476. The maximum absolute atomic E-state index is 13.6. The minimum absolute atomic E-state index is 0.114. The molecule has 0 aliphatic carbocycles. The highest BCUT2D eigenvalue weighted by molar-refractivity contribution is 6.91. The Hall–Kier alpha value is -2.89. The summed E-state index contributed by atoms with van der Waals surface area (Å²) in [5.41, 5.74) is 3.41. The van der Waals surface area contributed by atoms with E-state index >= 15 is 0 Å². The van der Waals surface area contributed by atoms with Crippen LogP contribution in [0, 0.1) is 0 Å². The Kier molecular flexibility index (Phi) is 11.9. The smallest absolute Gasteiger partial charge is 0.408 e. The third kappa shape index (κ3) is 9.33. The molecule has 1 heterocycles. The first-order valence-corrected chi connectivity index (χ1v) is 22.0. The predicted molar refractivity (Wildman–Crippen MR) is 190 cm³/mol. The number of carbonyl (C=O) groups excluding carboxylic acids is 2. The van der Waals surface area contributed by atoms with E-state index in [1.807, 2.05) is 51.1 Å². The molecule has 2 N–H and O–H groups in total. The molecule has 45 heavy (non-hydrogen) atoms. The topological polar surface area (TPSA) is 89.6 Å². The van der Waals surface area contributed by atoms with Crippen molar-refractivity contribution in [3.63, 3.8) is 0 Å². The van der Waals surface area contributed by atoms with Gasteiger partial charge in [-0.15, -0.1) is 0 Å². The van der Waals surface area contributed by atoms with Gasteiger partial charge in [0.2, 0.25) is 0 Å². The minimum atomic E-state index is -1.94. The van der Waals surface area contributed by atoms with Crippen molar-refractivity contribution in [1.82, 2.24) is 10.3 Å². The molecular formula is C36H56N2O5Si2. The Morgan fingerprint density at radius 1 is 0.867 bits per heavy atom. The van der Waals surface area contributed by atoms with E-state index in [2.05, 4.69) is 83.1 Å². The summed E-state index contributed by atoms with van der Waals surface area (Å²) >= 11 is 0. The van der Waals surface area contributed by atoms with Crippen molar-refractivity contribution >= 4 is 44.7 Å². The molecule has 3 rings (SSSR count). The number of carbonyl (C=O) groups is 2. The maximum Gasteiger partial charge on any atom is 0.408 e. The van der Waals surface area contributed by atoms with Gasteiger partial charge in [0.1, 0.15) is 26.3 Å². The number of hydrogen-bond acceptors (Lipinski definition) is 5. The van der Waals surface area contributed by atoms with Gasteiger partial charge >= 0.3 is 12.1 Å². The monoisotopic (exact) mass is 652 g/mol. The summed E-state index contributed by atoms with van der Waals surface area (Å²) in [5, 5.41) is 5.31. The van der Waals surface area contributed by atoms with Crippen LogP contribution in [0.3, 0.4) is 0 Å². The van der Waals surface area contributed by atoms with Crippen molar-refractivity contribution < 1.29 is 23.5 Å². The minimum Gasteiger partial charge on any atom is -0.458 e. The van der Waals surface area contributed by atoms with E-state index in [1.54, 1.807) is 0 Å². The van der Waals surface area contributed by atoms with Crippen molar-refractivity contribution in [2.45, 2.75) is 130 Å². The number of H-pyrrole nitrogens is 1. The number of hydrogen-bond donors (Lipinski definition) is 2. The lowest BCUT2D eigenvalue weighted by molar-refractivity contribution is -0.157. The van der Waals surface area contributed by atoms with Crippen LogP contribution < -0.4 is 10.6 Å². The zero-order valence-electron chi connectivity index (χ0n) is 29.5. The van der Waals surface area contributed by atoms with Crippen LogP contribution in [-0.2, 0) is 38.3 Å². The summed E-state index contributed by atoms with van der Waals surface area (Å²) < 4.78 is 17.9. The zero-order valence-corrected chi connectivity index (χ0v) is 31.5. The molecule has 0 unspecified atom stereocenters. The second kappa shape index (κ2) is 14.7. The Morgan fingerprint density at radius 3 is 2.04 bits per heavy atom. The van der Waals surface area contributed by atoms with Crippen LogP contribution in [0.2, 0.25) is 36.3 Å². The number of aromatic amines is 1. The van der Waals surface area contributed by atoms with Gasteiger partial charge in [-0.3, -0.25) is 0 Å². The van der Waals surface area contributed by atoms with Gasteiger partial charge in [0, 0.05) is 22.6 Å². The van der Waals surface area contributed by atoms with E-state index in [-0.39, 0.29) is 11.6 Å². The number of esters is 1. The number of aromatic nitrogens is 1. The molecular weight excluding hydrogens is 597 g/mol. The fourth-order valence-corrected chi connectivity index (χ4v) is 10.3. The number of amides is 1. The molecule has 0 radical (unpaired) electrons. The van der Waals surface area contributed by atoms with Gasteiger partial charge in [-0.1, -0.05) is 102 Å². The molecule has 0 bridgehead atoms. The molecule has 1 aromatic heterocycles. The number of alkyl carbamates (subject to hydrolysis) is 1. The zero-order chi connectivity index (χ0) is 33.6. The molecule has 2 aromatic carbocycles. The van der Waals surface area contributed by atoms with Gasteiger partial charge in [-0.2, -0.15) is 0 Å². The first kappa shape index (κ1) is 36.6. The summed E-state index contributed by atoms with van der Waals surface area (Å²) in [4.78, 5) is 30.5. The molecule has 0 saturated carbocycles. The molecule has 0 spiro atoms. The predicted octanol–water partition coefficient (Wildman–Crippen LogP) is 8.58. The van der Waals surface area contributed by atoms with Crippen molar-refractivity contribution in [2.75, 3.05) is 0 Å². The number of nitrogens with one attached hydrogen (secondary N) is 2. The molecule has 1 atom stereocenters. The Bertz CT molecular complexity index is 1430. The Labute approximate surface area is 273 Å². The van der Waals surface area contributed by atoms with Crippen LogP contribution in [-0.4, -0.2) is 45.1 Å². The average molecular weight is 653 g/mol. The molecule has 0 aliphatic rings. The second-order valence-electron chi connectivity index (χ2n) is 14.7. The molecule has 0 aliphatic heterocycles. The fourth-order valence-electron chi connectivity index (χ4n) is 5.50. The number of rotatable bonds is 13. The SMILES string of the molecule is CC[Si](CC)(CC)c1[nH]c2cc(CO[Si](C)(C)C(C)(C)C)ccc2c1C[C@H](NC(=O)OCc1ccccc1)C(=O)OC(C)(C)C. The van der Waals surface area contributed by atoms with Crippen LogP contribution >= 0.6 is 0 Å². The van der Waals surface area contributed by atoms with Gasteiger partial charge in [-0.25, -0.2) is 9.59 Å². The summed E-state index contributed by atoms with van der Waals surface area (Å²) in [7, 11) is -3.85. The fraction of sp³-hybridized carbons (Fsp3) is 0.556. The van der Waals surface area contributed by atoms with Crippen LogP contribution in [0.4, 0.5) is 4.79 Å². The summed E-state index contributed by atoms with van der Waals surface area (Å²) in [6.07, 6.45) is -0.342. The van der Waals surface area contributed by atoms with Gasteiger partial charge in [0.05, 0.1) is 6.61 Å². The maximum atomic E-state index is 13.6. The lowest BCUT2D eigenvalue weighted by Crippen LogP contribution is -2.51. The summed E-state index contributed by atoms with van der Waals surface area (Å²) in [6.45, 7) is 24.3. The standard InChI is InChI=1S/C36H56N2O5Si2/c1-12-45(13-2,14-3)32-29(28-21-20-27(22-30(28)37-32)25-42-44(10,11)36(7,8)9)23-31(33(39)43-35(4,5)6)38-34(40)41-24-26-18-16-15-17-19-26/h15-22,31,37H,12-14,23-25H2,1-11H3,(H,38,40)/t31-/m0/s1. The van der Waals surface area contributed by atoms with E-state index in [4.69, 9.17) is 13.9 Å². The van der Waals surface area contributed by atoms with Crippen molar-refractivity contribution in [2.24, 2.45) is 0 Å². The van der Waals surface area contributed by atoms with E-state index in [1.165, 1.54) is 5.32 Å². The van der Waals surface area contributed by atoms with Crippen molar-refractivity contribution in [3.8, 4) is 0 Å². The van der Waals surface area contributed by atoms with Crippen LogP contribution in [0.15, 0.2) is 48.5 Å². The van der Waals surface area contributed by atoms with E-state index in [9.17, 15) is 9.59 Å². The highest BCUT2D eigenvalue weighted by atomic mass is 28.4. The highest BCUT2D eigenvalue weighted by Gasteiger charge is 2.38. The average Bonchev–Trinajstić information content (AvgIpc) is 3.33. The van der Waals surface area contributed by atoms with Gasteiger partial charge < -0.3 is 24.2 Å². The lowest BCUT2D eigenvalue weighted by atomic mass is 10.0. The number of ether oxygens (including phenoxy) is 2. The quantitative estimate of drug-likeness (QED) is 0.143. The Balaban J connectivity index is 2.02. The van der Waals surface area contributed by atoms with Crippen molar-refractivity contribution in [1.29, 1.82) is 0 Å². The molecule has 3 aromatic rings. The second-order valence-corrected chi connectivity index (χ2v) is 24.7. The molecule has 0 saturated heterocycles. The van der Waals surface area contributed by atoms with Gasteiger partial charge in [0.15, 0.2) is 8.32 Å². The normalized spacial score (nSPS) is 13.5. The molecule has 9 heteroatoms.